The van der Waals surface area contributed by atoms with E-state index >= 15 is 0 Å². The lowest BCUT2D eigenvalue weighted by Gasteiger charge is -2.07. The number of carbonyl (C=O) groups is 1. The van der Waals surface area contributed by atoms with Crippen LogP contribution in [0.2, 0.25) is 0 Å². The van der Waals surface area contributed by atoms with Crippen LogP contribution in [0, 0.1) is 6.92 Å². The summed E-state index contributed by atoms with van der Waals surface area (Å²) in [6.07, 6.45) is 0.459. The molecule has 0 aliphatic carbocycles. The Morgan fingerprint density at radius 1 is 1.50 bits per heavy atom. The molecule has 0 aliphatic heterocycles. The molecular weight excluding hydrogens is 244 g/mol. The highest BCUT2D eigenvalue weighted by molar-refractivity contribution is 9.10. The number of ketones is 1. The zero-order chi connectivity index (χ0) is 10.6. The molecule has 1 rings (SSSR count). The molecule has 0 aromatic heterocycles. The van der Waals surface area contributed by atoms with Crippen molar-refractivity contribution in [2.75, 3.05) is 6.61 Å². The highest BCUT2D eigenvalue weighted by Gasteiger charge is 2.01. The summed E-state index contributed by atoms with van der Waals surface area (Å²) in [7, 11) is 0. The standard InChI is InChI=1S/C11H13BrO2/c1-8-3-4-11(10(12)7-8)14-6-5-9(2)13/h3-4,7H,5-6H2,1-2H3. The summed E-state index contributed by atoms with van der Waals surface area (Å²) in [5, 5.41) is 0. The largest absolute Gasteiger partial charge is 0.492 e. The maximum atomic E-state index is 10.7. The summed E-state index contributed by atoms with van der Waals surface area (Å²) < 4.78 is 6.37. The fourth-order valence-corrected chi connectivity index (χ4v) is 1.64. The Morgan fingerprint density at radius 3 is 2.79 bits per heavy atom. The predicted octanol–water partition coefficient (Wildman–Crippen LogP) is 3.12. The molecule has 0 unspecified atom stereocenters. The number of halogens is 1. The van der Waals surface area contributed by atoms with Gasteiger partial charge in [0.25, 0.3) is 0 Å². The Hall–Kier alpha value is -0.830. The zero-order valence-corrected chi connectivity index (χ0v) is 9.93. The van der Waals surface area contributed by atoms with E-state index in [0.29, 0.717) is 13.0 Å². The minimum absolute atomic E-state index is 0.147. The van der Waals surface area contributed by atoms with Gasteiger partial charge < -0.3 is 4.74 Å². The highest BCUT2D eigenvalue weighted by atomic mass is 79.9. The molecule has 0 heterocycles. The lowest BCUT2D eigenvalue weighted by Crippen LogP contribution is -2.02. The maximum absolute atomic E-state index is 10.7. The van der Waals surface area contributed by atoms with Crippen molar-refractivity contribution in [1.82, 2.24) is 0 Å². The van der Waals surface area contributed by atoms with Gasteiger partial charge in [-0.3, -0.25) is 4.79 Å². The Kier molecular flexibility index (Phi) is 4.14. The summed E-state index contributed by atoms with van der Waals surface area (Å²) in [4.78, 5) is 10.7. The van der Waals surface area contributed by atoms with Gasteiger partial charge in [0.2, 0.25) is 0 Å². The van der Waals surface area contributed by atoms with E-state index < -0.39 is 0 Å². The van der Waals surface area contributed by atoms with Crippen molar-refractivity contribution >= 4 is 21.7 Å². The summed E-state index contributed by atoms with van der Waals surface area (Å²) in [5.41, 5.74) is 1.18. The Balaban J connectivity index is 2.55. The number of ether oxygens (including phenoxy) is 1. The SMILES string of the molecule is CC(=O)CCOc1ccc(C)cc1Br. The number of rotatable bonds is 4. The van der Waals surface area contributed by atoms with E-state index in [4.69, 9.17) is 4.74 Å². The molecule has 1 aromatic carbocycles. The smallest absolute Gasteiger partial charge is 0.133 e. The monoisotopic (exact) mass is 256 g/mol. The van der Waals surface area contributed by atoms with Crippen LogP contribution in [0.5, 0.6) is 5.75 Å². The first-order valence-corrected chi connectivity index (χ1v) is 5.27. The van der Waals surface area contributed by atoms with E-state index in [1.165, 1.54) is 5.56 Å². The van der Waals surface area contributed by atoms with E-state index in [1.54, 1.807) is 6.92 Å². The molecule has 0 saturated heterocycles. The molecule has 0 aliphatic rings. The van der Waals surface area contributed by atoms with E-state index in [0.717, 1.165) is 10.2 Å². The fraction of sp³-hybridized carbons (Fsp3) is 0.364. The van der Waals surface area contributed by atoms with Crippen LogP contribution in [0.15, 0.2) is 22.7 Å². The van der Waals surface area contributed by atoms with Crippen molar-refractivity contribution < 1.29 is 9.53 Å². The highest BCUT2D eigenvalue weighted by Crippen LogP contribution is 2.25. The van der Waals surface area contributed by atoms with Crippen molar-refractivity contribution in [2.45, 2.75) is 20.3 Å². The van der Waals surface area contributed by atoms with Crippen molar-refractivity contribution in [3.05, 3.63) is 28.2 Å². The third kappa shape index (κ3) is 3.50. The van der Waals surface area contributed by atoms with Gasteiger partial charge in [0, 0.05) is 6.42 Å². The molecule has 0 radical (unpaired) electrons. The molecule has 0 bridgehead atoms. The van der Waals surface area contributed by atoms with Crippen LogP contribution in [0.3, 0.4) is 0 Å². The van der Waals surface area contributed by atoms with Crippen LogP contribution >= 0.6 is 15.9 Å². The third-order valence-corrected chi connectivity index (χ3v) is 2.42. The molecule has 14 heavy (non-hydrogen) atoms. The fourth-order valence-electron chi connectivity index (χ4n) is 1.03. The molecule has 0 N–H and O–H groups in total. The number of Topliss-reactive ketones (excluding diaryl/α,β-unsaturated/α-hetero) is 1. The molecule has 1 aromatic rings. The summed E-state index contributed by atoms with van der Waals surface area (Å²) in [6.45, 7) is 4.02. The van der Waals surface area contributed by atoms with E-state index in [9.17, 15) is 4.79 Å². The zero-order valence-electron chi connectivity index (χ0n) is 8.34. The van der Waals surface area contributed by atoms with Crippen LogP contribution in [-0.4, -0.2) is 12.4 Å². The van der Waals surface area contributed by atoms with Gasteiger partial charge in [-0.2, -0.15) is 0 Å². The molecular formula is C11H13BrO2. The quantitative estimate of drug-likeness (QED) is 0.828. The minimum atomic E-state index is 0.147. The van der Waals surface area contributed by atoms with Gasteiger partial charge in [0.05, 0.1) is 11.1 Å². The Bertz CT molecular complexity index is 334. The number of hydrogen-bond acceptors (Lipinski definition) is 2. The lowest BCUT2D eigenvalue weighted by molar-refractivity contribution is -0.117. The van der Waals surface area contributed by atoms with Crippen LogP contribution in [0.4, 0.5) is 0 Å². The number of benzene rings is 1. The summed E-state index contributed by atoms with van der Waals surface area (Å²) >= 11 is 3.40. The van der Waals surface area contributed by atoms with Gasteiger partial charge in [-0.25, -0.2) is 0 Å². The first kappa shape index (κ1) is 11.2. The van der Waals surface area contributed by atoms with Gasteiger partial charge in [-0.15, -0.1) is 0 Å². The number of carbonyl (C=O) groups excluding carboxylic acids is 1. The Morgan fingerprint density at radius 2 is 2.21 bits per heavy atom. The molecule has 2 nitrogen and oxygen atoms in total. The average molecular weight is 257 g/mol. The molecule has 3 heteroatoms. The van der Waals surface area contributed by atoms with Gasteiger partial charge >= 0.3 is 0 Å². The number of aryl methyl sites for hydroxylation is 1. The summed E-state index contributed by atoms with van der Waals surface area (Å²) in [5.74, 6) is 0.935. The second-order valence-electron chi connectivity index (χ2n) is 3.23. The van der Waals surface area contributed by atoms with Gasteiger partial charge in [0.15, 0.2) is 0 Å². The Labute approximate surface area is 92.4 Å². The van der Waals surface area contributed by atoms with Crippen LogP contribution in [-0.2, 0) is 4.79 Å². The van der Waals surface area contributed by atoms with E-state index in [1.807, 2.05) is 25.1 Å². The maximum Gasteiger partial charge on any atom is 0.133 e. The van der Waals surface area contributed by atoms with Crippen molar-refractivity contribution in [1.29, 1.82) is 0 Å². The minimum Gasteiger partial charge on any atom is -0.492 e. The van der Waals surface area contributed by atoms with Crippen molar-refractivity contribution in [3.8, 4) is 5.75 Å². The van der Waals surface area contributed by atoms with Gasteiger partial charge in [-0.05, 0) is 47.5 Å². The summed E-state index contributed by atoms with van der Waals surface area (Å²) in [6, 6.07) is 5.87. The van der Waals surface area contributed by atoms with Crippen LogP contribution in [0.25, 0.3) is 0 Å². The first-order chi connectivity index (χ1) is 6.59. The molecule has 0 spiro atoms. The lowest BCUT2D eigenvalue weighted by atomic mass is 10.2. The predicted molar refractivity (Wildman–Crippen MR) is 59.7 cm³/mol. The molecule has 0 saturated carbocycles. The third-order valence-electron chi connectivity index (χ3n) is 1.80. The number of hydrogen-bond donors (Lipinski definition) is 0. The average Bonchev–Trinajstić information content (AvgIpc) is 2.08. The van der Waals surface area contributed by atoms with Crippen molar-refractivity contribution in [3.63, 3.8) is 0 Å². The second kappa shape index (κ2) is 5.15. The second-order valence-corrected chi connectivity index (χ2v) is 4.09. The molecule has 0 fully saturated rings. The topological polar surface area (TPSA) is 26.3 Å². The van der Waals surface area contributed by atoms with Gasteiger partial charge in [0.1, 0.15) is 11.5 Å². The van der Waals surface area contributed by atoms with Crippen LogP contribution in [0.1, 0.15) is 18.9 Å². The van der Waals surface area contributed by atoms with E-state index in [-0.39, 0.29) is 5.78 Å². The van der Waals surface area contributed by atoms with Crippen LogP contribution < -0.4 is 4.74 Å². The molecule has 76 valence electrons. The first-order valence-electron chi connectivity index (χ1n) is 4.48. The molecule has 0 amide bonds. The van der Waals surface area contributed by atoms with E-state index in [2.05, 4.69) is 15.9 Å². The molecule has 0 atom stereocenters. The normalized spacial score (nSPS) is 9.93. The van der Waals surface area contributed by atoms with Crippen molar-refractivity contribution in [2.24, 2.45) is 0 Å². The van der Waals surface area contributed by atoms with Gasteiger partial charge in [-0.1, -0.05) is 6.07 Å².